The van der Waals surface area contributed by atoms with Crippen molar-refractivity contribution in [3.8, 4) is 5.75 Å². The van der Waals surface area contributed by atoms with Crippen LogP contribution in [0, 0.1) is 0 Å². The molecular formula is C11H18O7P+. The fourth-order valence-electron chi connectivity index (χ4n) is 0.691. The van der Waals surface area contributed by atoms with E-state index >= 15 is 0 Å². The van der Waals surface area contributed by atoms with Gasteiger partial charge in [-0.05, 0) is 26.0 Å². The highest BCUT2D eigenvalue weighted by atomic mass is 31.1. The highest BCUT2D eigenvalue weighted by Gasteiger charge is 2.07. The zero-order valence-corrected chi connectivity index (χ0v) is 11.5. The summed E-state index contributed by atoms with van der Waals surface area (Å²) in [6, 6.07) is 8.71. The standard InChI is InChI=1S/C6H6O.C5H10O3.HO3P/c7-6-4-2-1-3-5-6;1-3-8-5(7)4(2)6;1-4(2)3/h1-5,7H;4,6H,3H2,1-2H3;(H-,1,2,3)/p+1. The second kappa shape index (κ2) is 12.9. The van der Waals surface area contributed by atoms with Gasteiger partial charge in [0.15, 0.2) is 0 Å². The Bertz CT molecular complexity index is 349. The van der Waals surface area contributed by atoms with Gasteiger partial charge in [0.1, 0.15) is 11.9 Å². The molecular weight excluding hydrogens is 275 g/mol. The number of para-hydroxylation sites is 1. The van der Waals surface area contributed by atoms with E-state index in [1.165, 1.54) is 6.92 Å². The highest BCUT2D eigenvalue weighted by Crippen LogP contribution is 2.02. The van der Waals surface area contributed by atoms with E-state index in [1.807, 2.05) is 6.07 Å². The largest absolute Gasteiger partial charge is 0.692 e. The van der Waals surface area contributed by atoms with E-state index in [-0.39, 0.29) is 0 Å². The minimum absolute atomic E-state index is 0.322. The molecule has 0 aliphatic rings. The van der Waals surface area contributed by atoms with Gasteiger partial charge in [0.05, 0.1) is 6.61 Å². The van der Waals surface area contributed by atoms with Gasteiger partial charge in [-0.1, -0.05) is 18.2 Å². The zero-order chi connectivity index (χ0) is 15.3. The van der Waals surface area contributed by atoms with Crippen LogP contribution in [0.2, 0.25) is 0 Å². The summed E-state index contributed by atoms with van der Waals surface area (Å²) in [5.41, 5.74) is 0. The summed E-state index contributed by atoms with van der Waals surface area (Å²) in [6.07, 6.45) is -0.991. The van der Waals surface area contributed by atoms with Crippen molar-refractivity contribution in [2.45, 2.75) is 20.0 Å². The van der Waals surface area contributed by atoms with Gasteiger partial charge in [-0.2, -0.15) is 0 Å². The van der Waals surface area contributed by atoms with E-state index in [0.29, 0.717) is 12.4 Å². The van der Waals surface area contributed by atoms with Crippen molar-refractivity contribution in [1.29, 1.82) is 0 Å². The molecule has 0 aliphatic heterocycles. The van der Waals surface area contributed by atoms with Crippen LogP contribution in [0.4, 0.5) is 0 Å². The van der Waals surface area contributed by atoms with E-state index in [0.717, 1.165) is 0 Å². The first-order chi connectivity index (χ1) is 8.81. The normalized spacial score (nSPS) is 9.95. The first kappa shape index (κ1) is 19.8. The Morgan fingerprint density at radius 1 is 1.32 bits per heavy atom. The molecule has 0 spiro atoms. The van der Waals surface area contributed by atoms with Gasteiger partial charge < -0.3 is 14.9 Å². The summed E-state index contributed by atoms with van der Waals surface area (Å²) in [5.74, 6) is -0.241. The molecule has 0 heterocycles. The molecule has 0 radical (unpaired) electrons. The van der Waals surface area contributed by atoms with E-state index in [4.69, 9.17) is 24.6 Å². The van der Waals surface area contributed by atoms with Crippen LogP contribution in [0.3, 0.4) is 0 Å². The molecule has 0 fully saturated rings. The van der Waals surface area contributed by atoms with E-state index in [1.54, 1.807) is 31.2 Å². The average Bonchev–Trinajstić information content (AvgIpc) is 2.30. The lowest BCUT2D eigenvalue weighted by Crippen LogP contribution is -2.18. The minimum atomic E-state index is -2.87. The van der Waals surface area contributed by atoms with Crippen LogP contribution >= 0.6 is 8.25 Å². The molecule has 0 saturated heterocycles. The van der Waals surface area contributed by atoms with Crippen molar-refractivity contribution in [2.24, 2.45) is 0 Å². The maximum absolute atomic E-state index is 10.3. The van der Waals surface area contributed by atoms with Crippen molar-refractivity contribution < 1.29 is 34.1 Å². The van der Waals surface area contributed by atoms with Gasteiger partial charge in [-0.3, -0.25) is 0 Å². The number of hydrogen-bond acceptors (Lipinski definition) is 5. The number of hydrogen-bond donors (Lipinski definition) is 4. The second-order valence-electron chi connectivity index (χ2n) is 3.02. The fraction of sp³-hybridized carbons (Fsp3) is 0.364. The van der Waals surface area contributed by atoms with Gasteiger partial charge in [0.25, 0.3) is 0 Å². The zero-order valence-electron chi connectivity index (χ0n) is 10.6. The lowest BCUT2D eigenvalue weighted by atomic mass is 10.3. The SMILES string of the molecule is CCOC(=O)C(C)O.O=[P+](O)O.Oc1ccccc1. The Kier molecular flexibility index (Phi) is 13.5. The highest BCUT2D eigenvalue weighted by molar-refractivity contribution is 7.30. The molecule has 0 saturated carbocycles. The Labute approximate surface area is 112 Å². The minimum Gasteiger partial charge on any atom is -0.508 e. The first-order valence-corrected chi connectivity index (χ1v) is 6.41. The molecule has 8 heteroatoms. The van der Waals surface area contributed by atoms with Crippen LogP contribution in [0.5, 0.6) is 5.75 Å². The molecule has 0 aliphatic carbocycles. The predicted molar refractivity (Wildman–Crippen MR) is 68.5 cm³/mol. The molecule has 7 nitrogen and oxygen atoms in total. The molecule has 0 bridgehead atoms. The van der Waals surface area contributed by atoms with Crippen LogP contribution in [0.1, 0.15) is 13.8 Å². The molecule has 108 valence electrons. The van der Waals surface area contributed by atoms with Crippen LogP contribution < -0.4 is 0 Å². The number of rotatable bonds is 2. The smallest absolute Gasteiger partial charge is 0.508 e. The molecule has 0 aromatic heterocycles. The third kappa shape index (κ3) is 19.0. The second-order valence-corrected chi connectivity index (χ2v) is 3.52. The lowest BCUT2D eigenvalue weighted by molar-refractivity contribution is -0.151. The number of benzene rings is 1. The summed E-state index contributed by atoms with van der Waals surface area (Å²) in [4.78, 5) is 24.5. The van der Waals surface area contributed by atoms with E-state index < -0.39 is 20.3 Å². The Hall–Kier alpha value is -1.53. The molecule has 1 atom stereocenters. The molecule has 19 heavy (non-hydrogen) atoms. The maximum Gasteiger partial charge on any atom is 0.692 e. The number of aliphatic hydroxyl groups excluding tert-OH is 1. The third-order valence-electron chi connectivity index (χ3n) is 1.38. The number of ether oxygens (including phenoxy) is 1. The summed E-state index contributed by atoms with van der Waals surface area (Å²) >= 11 is 0. The Morgan fingerprint density at radius 3 is 1.89 bits per heavy atom. The number of carbonyl (C=O) groups excluding carboxylic acids is 1. The quantitative estimate of drug-likeness (QED) is 0.472. The first-order valence-electron chi connectivity index (χ1n) is 5.25. The average molecular weight is 293 g/mol. The van der Waals surface area contributed by atoms with Gasteiger partial charge in [-0.15, -0.1) is 9.79 Å². The summed E-state index contributed by atoms with van der Waals surface area (Å²) in [6.45, 7) is 3.39. The third-order valence-corrected chi connectivity index (χ3v) is 1.38. The van der Waals surface area contributed by atoms with E-state index in [9.17, 15) is 4.79 Å². The van der Waals surface area contributed by atoms with Crippen molar-refractivity contribution >= 4 is 14.2 Å². The van der Waals surface area contributed by atoms with Crippen LogP contribution in [-0.2, 0) is 14.1 Å². The fourth-order valence-corrected chi connectivity index (χ4v) is 0.691. The molecule has 1 unspecified atom stereocenters. The predicted octanol–water partition coefficient (Wildman–Crippen LogP) is 0.951. The summed E-state index contributed by atoms with van der Waals surface area (Å²) in [5, 5.41) is 17.1. The van der Waals surface area contributed by atoms with Crippen LogP contribution in [0.15, 0.2) is 30.3 Å². The van der Waals surface area contributed by atoms with Gasteiger partial charge in [0.2, 0.25) is 0 Å². The van der Waals surface area contributed by atoms with E-state index in [2.05, 4.69) is 4.74 Å². The number of esters is 1. The van der Waals surface area contributed by atoms with Crippen molar-refractivity contribution in [3.63, 3.8) is 0 Å². The number of phenols is 1. The summed E-state index contributed by atoms with van der Waals surface area (Å²) < 4.78 is 13.1. The Balaban J connectivity index is 0. The molecule has 0 amide bonds. The topological polar surface area (TPSA) is 124 Å². The molecule has 1 aromatic carbocycles. The number of aliphatic hydroxyl groups is 1. The van der Waals surface area contributed by atoms with Gasteiger partial charge in [0, 0.05) is 4.57 Å². The van der Waals surface area contributed by atoms with Crippen LogP contribution in [-0.4, -0.2) is 38.7 Å². The van der Waals surface area contributed by atoms with Crippen molar-refractivity contribution in [1.82, 2.24) is 0 Å². The summed E-state index contributed by atoms with van der Waals surface area (Å²) in [7, 11) is -2.87. The number of aromatic hydroxyl groups is 1. The van der Waals surface area contributed by atoms with Crippen LogP contribution in [0.25, 0.3) is 0 Å². The number of carbonyl (C=O) groups is 1. The van der Waals surface area contributed by atoms with Gasteiger partial charge in [-0.25, -0.2) is 4.79 Å². The molecule has 4 N–H and O–H groups in total. The monoisotopic (exact) mass is 293 g/mol. The lowest BCUT2D eigenvalue weighted by Gasteiger charge is -2.01. The maximum atomic E-state index is 10.3. The molecule has 1 rings (SSSR count). The molecule has 1 aromatic rings. The van der Waals surface area contributed by atoms with Crippen molar-refractivity contribution in [2.75, 3.05) is 6.61 Å². The Morgan fingerprint density at radius 2 is 1.74 bits per heavy atom. The van der Waals surface area contributed by atoms with Crippen molar-refractivity contribution in [3.05, 3.63) is 30.3 Å². The van der Waals surface area contributed by atoms with Gasteiger partial charge >= 0.3 is 14.2 Å². The number of phenolic OH excluding ortho intramolecular Hbond substituents is 1.